The van der Waals surface area contributed by atoms with Gasteiger partial charge in [0.05, 0.1) is 23.5 Å². The average Bonchev–Trinajstić information content (AvgIpc) is 3.13. The summed E-state index contributed by atoms with van der Waals surface area (Å²) in [5.41, 5.74) is 2.92. The van der Waals surface area contributed by atoms with Crippen molar-refractivity contribution in [2.45, 2.75) is 30.7 Å². The summed E-state index contributed by atoms with van der Waals surface area (Å²) in [6.07, 6.45) is 0.886. The standard InChI is InChI=1S/C23H24N4O4S/c1-14-17(15(2)31-25-14)13-32-21-16(8-7-11-24-21)22(28)27-12-20(23(29)26(3)4)30-19-10-6-5-9-18(19)27/h5-11,20H,12-13H2,1-4H3/t20-/m1/s1. The van der Waals surface area contributed by atoms with Crippen molar-refractivity contribution in [3.63, 3.8) is 0 Å². The van der Waals surface area contributed by atoms with Crippen LogP contribution >= 0.6 is 11.8 Å². The minimum absolute atomic E-state index is 0.121. The molecule has 0 bridgehead atoms. The Morgan fingerprint density at radius 2 is 1.97 bits per heavy atom. The maximum Gasteiger partial charge on any atom is 0.265 e. The van der Waals surface area contributed by atoms with Gasteiger partial charge in [0.15, 0.2) is 6.10 Å². The van der Waals surface area contributed by atoms with Gasteiger partial charge in [-0.05, 0) is 38.1 Å². The molecule has 0 aliphatic carbocycles. The molecule has 2 aromatic heterocycles. The number of para-hydroxylation sites is 2. The van der Waals surface area contributed by atoms with Gasteiger partial charge < -0.3 is 19.1 Å². The molecule has 8 nitrogen and oxygen atoms in total. The second kappa shape index (κ2) is 9.04. The zero-order chi connectivity index (χ0) is 22.8. The molecule has 32 heavy (non-hydrogen) atoms. The molecule has 0 radical (unpaired) electrons. The van der Waals surface area contributed by atoms with Crippen LogP contribution in [0.2, 0.25) is 0 Å². The maximum atomic E-state index is 13.7. The number of aryl methyl sites for hydroxylation is 2. The Kier molecular flexibility index (Phi) is 6.18. The molecule has 9 heteroatoms. The lowest BCUT2D eigenvalue weighted by molar-refractivity contribution is -0.135. The first-order valence-electron chi connectivity index (χ1n) is 10.1. The molecule has 4 rings (SSSR count). The van der Waals surface area contributed by atoms with Crippen molar-refractivity contribution in [2.75, 3.05) is 25.5 Å². The second-order valence-electron chi connectivity index (χ2n) is 7.67. The number of ether oxygens (including phenoxy) is 1. The number of carbonyl (C=O) groups is 2. The smallest absolute Gasteiger partial charge is 0.265 e. The third kappa shape index (κ3) is 4.20. The molecule has 0 saturated heterocycles. The van der Waals surface area contributed by atoms with E-state index in [1.165, 1.54) is 16.7 Å². The molecule has 0 saturated carbocycles. The Morgan fingerprint density at radius 1 is 1.19 bits per heavy atom. The van der Waals surface area contributed by atoms with E-state index in [2.05, 4.69) is 10.1 Å². The Balaban J connectivity index is 1.64. The summed E-state index contributed by atoms with van der Waals surface area (Å²) >= 11 is 1.45. The van der Waals surface area contributed by atoms with E-state index in [4.69, 9.17) is 9.26 Å². The quantitative estimate of drug-likeness (QED) is 0.548. The van der Waals surface area contributed by atoms with Crippen LogP contribution in [0, 0.1) is 13.8 Å². The van der Waals surface area contributed by atoms with Crippen LogP contribution in [0.25, 0.3) is 0 Å². The molecule has 2 amide bonds. The molecule has 1 aliphatic heterocycles. The number of likely N-dealkylation sites (N-methyl/N-ethyl adjacent to an activating group) is 1. The number of amides is 2. The molecule has 1 aromatic carbocycles. The number of carbonyl (C=O) groups excluding carboxylic acids is 2. The zero-order valence-corrected chi connectivity index (χ0v) is 19.2. The number of rotatable bonds is 5. The molecule has 0 fully saturated rings. The molecule has 166 valence electrons. The lowest BCUT2D eigenvalue weighted by atomic mass is 10.1. The normalized spacial score (nSPS) is 15.1. The number of hydrogen-bond acceptors (Lipinski definition) is 7. The second-order valence-corrected chi connectivity index (χ2v) is 8.63. The number of fused-ring (bicyclic) bond motifs is 1. The Bertz CT molecular complexity index is 1140. The summed E-state index contributed by atoms with van der Waals surface area (Å²) < 4.78 is 11.1. The molecule has 0 N–H and O–H groups in total. The van der Waals surface area contributed by atoms with Crippen LogP contribution < -0.4 is 9.64 Å². The SMILES string of the molecule is Cc1noc(C)c1CSc1ncccc1C(=O)N1C[C@H](C(=O)N(C)C)Oc2ccccc21. The van der Waals surface area contributed by atoms with Crippen molar-refractivity contribution in [2.24, 2.45) is 0 Å². The van der Waals surface area contributed by atoms with E-state index < -0.39 is 6.10 Å². The van der Waals surface area contributed by atoms with Crippen LogP contribution in [0.3, 0.4) is 0 Å². The van der Waals surface area contributed by atoms with Crippen molar-refractivity contribution in [3.05, 3.63) is 65.2 Å². The van der Waals surface area contributed by atoms with E-state index in [1.807, 2.05) is 32.0 Å². The van der Waals surface area contributed by atoms with Crippen molar-refractivity contribution in [1.82, 2.24) is 15.0 Å². The number of pyridine rings is 1. The first-order chi connectivity index (χ1) is 15.4. The van der Waals surface area contributed by atoms with Gasteiger partial charge in [-0.3, -0.25) is 9.59 Å². The minimum atomic E-state index is -0.779. The van der Waals surface area contributed by atoms with Gasteiger partial charge in [0, 0.05) is 31.6 Å². The van der Waals surface area contributed by atoms with Gasteiger partial charge in [0.25, 0.3) is 11.8 Å². The van der Waals surface area contributed by atoms with Crippen LogP contribution in [0.5, 0.6) is 5.75 Å². The fraction of sp³-hybridized carbons (Fsp3) is 0.304. The van der Waals surface area contributed by atoms with Crippen LogP contribution in [-0.2, 0) is 10.5 Å². The highest BCUT2D eigenvalue weighted by Gasteiger charge is 2.35. The Morgan fingerprint density at radius 3 is 2.69 bits per heavy atom. The summed E-state index contributed by atoms with van der Waals surface area (Å²) in [5.74, 6) is 1.41. The maximum absolute atomic E-state index is 13.7. The molecule has 0 unspecified atom stereocenters. The monoisotopic (exact) mass is 452 g/mol. The minimum Gasteiger partial charge on any atom is -0.476 e. The molecular formula is C23H24N4O4S. The van der Waals surface area contributed by atoms with E-state index in [-0.39, 0.29) is 18.4 Å². The summed E-state index contributed by atoms with van der Waals surface area (Å²) in [7, 11) is 3.34. The van der Waals surface area contributed by atoms with Crippen LogP contribution in [0.4, 0.5) is 5.69 Å². The van der Waals surface area contributed by atoms with Gasteiger partial charge in [0.1, 0.15) is 16.5 Å². The van der Waals surface area contributed by atoms with Crippen molar-refractivity contribution in [3.8, 4) is 5.75 Å². The number of nitrogens with zero attached hydrogens (tertiary/aromatic N) is 4. The molecular weight excluding hydrogens is 428 g/mol. The molecule has 3 heterocycles. The van der Waals surface area contributed by atoms with E-state index >= 15 is 0 Å². The molecule has 0 spiro atoms. The van der Waals surface area contributed by atoms with Gasteiger partial charge in [-0.2, -0.15) is 0 Å². The van der Waals surface area contributed by atoms with Gasteiger partial charge in [-0.25, -0.2) is 4.98 Å². The molecule has 1 aliphatic rings. The predicted molar refractivity (Wildman–Crippen MR) is 121 cm³/mol. The van der Waals surface area contributed by atoms with E-state index in [9.17, 15) is 9.59 Å². The lowest BCUT2D eigenvalue weighted by Gasteiger charge is -2.35. The van der Waals surface area contributed by atoms with E-state index in [0.29, 0.717) is 27.8 Å². The fourth-order valence-corrected chi connectivity index (χ4v) is 4.65. The van der Waals surface area contributed by atoms with Gasteiger partial charge >= 0.3 is 0 Å². The van der Waals surface area contributed by atoms with Crippen LogP contribution in [0.1, 0.15) is 27.4 Å². The summed E-state index contributed by atoms with van der Waals surface area (Å²) in [4.78, 5) is 33.8. The molecule has 1 atom stereocenters. The average molecular weight is 453 g/mol. The highest BCUT2D eigenvalue weighted by Crippen LogP contribution is 2.36. The molecule has 3 aromatic rings. The summed E-state index contributed by atoms with van der Waals surface area (Å²) in [6, 6.07) is 10.7. The van der Waals surface area contributed by atoms with E-state index in [0.717, 1.165) is 17.0 Å². The Hall–Kier alpha value is -3.33. The predicted octanol–water partition coefficient (Wildman–Crippen LogP) is 3.47. The van der Waals surface area contributed by atoms with Crippen molar-refractivity contribution < 1.29 is 18.8 Å². The van der Waals surface area contributed by atoms with Crippen molar-refractivity contribution >= 4 is 29.3 Å². The fourth-order valence-electron chi connectivity index (χ4n) is 3.51. The number of benzene rings is 1. The third-order valence-corrected chi connectivity index (χ3v) is 6.30. The van der Waals surface area contributed by atoms with Crippen LogP contribution in [0.15, 0.2) is 52.1 Å². The zero-order valence-electron chi connectivity index (χ0n) is 18.4. The number of hydrogen-bond donors (Lipinski definition) is 0. The van der Waals surface area contributed by atoms with Crippen molar-refractivity contribution in [1.29, 1.82) is 0 Å². The lowest BCUT2D eigenvalue weighted by Crippen LogP contribution is -2.50. The van der Waals surface area contributed by atoms with Crippen LogP contribution in [-0.4, -0.2) is 53.6 Å². The third-order valence-electron chi connectivity index (χ3n) is 5.27. The van der Waals surface area contributed by atoms with Gasteiger partial charge in [-0.1, -0.05) is 17.3 Å². The summed E-state index contributed by atoms with van der Waals surface area (Å²) in [5, 5.41) is 4.60. The number of thioether (sulfide) groups is 1. The topological polar surface area (TPSA) is 88.8 Å². The van der Waals surface area contributed by atoms with Gasteiger partial charge in [0.2, 0.25) is 0 Å². The highest BCUT2D eigenvalue weighted by molar-refractivity contribution is 7.98. The first kappa shape index (κ1) is 21.9. The largest absolute Gasteiger partial charge is 0.476 e. The first-order valence-corrected chi connectivity index (χ1v) is 11.1. The number of anilines is 1. The highest BCUT2D eigenvalue weighted by atomic mass is 32.2. The van der Waals surface area contributed by atoms with Gasteiger partial charge in [-0.15, -0.1) is 11.8 Å². The Labute approximate surface area is 190 Å². The summed E-state index contributed by atoms with van der Waals surface area (Å²) in [6.45, 7) is 3.88. The number of aromatic nitrogens is 2. The van der Waals surface area contributed by atoms with E-state index in [1.54, 1.807) is 43.4 Å².